The van der Waals surface area contributed by atoms with Crippen LogP contribution in [0.3, 0.4) is 0 Å². The molecule has 0 heterocycles. The Balaban J connectivity index is 1.60. The Bertz CT molecular complexity index is 958. The van der Waals surface area contributed by atoms with Crippen LogP contribution in [-0.2, 0) is 10.5 Å². The van der Waals surface area contributed by atoms with E-state index < -0.39 is 6.10 Å². The maximum absolute atomic E-state index is 12.8. The first-order chi connectivity index (χ1) is 14.6. The van der Waals surface area contributed by atoms with Crippen molar-refractivity contribution in [2.75, 3.05) is 12.4 Å². The first kappa shape index (κ1) is 21.8. The fourth-order valence-corrected chi connectivity index (χ4v) is 3.86. The quantitative estimate of drug-likeness (QED) is 0.425. The van der Waals surface area contributed by atoms with Gasteiger partial charge in [-0.05, 0) is 66.9 Å². The minimum atomic E-state index is -0.564. The Hall–Kier alpha value is -2.92. The lowest BCUT2D eigenvalue weighted by molar-refractivity contribution is -0.122. The molecule has 0 aliphatic rings. The molecular weight excluding hydrogens is 394 g/mol. The minimum Gasteiger partial charge on any atom is -0.497 e. The molecule has 0 aromatic heterocycles. The van der Waals surface area contributed by atoms with E-state index in [1.165, 1.54) is 10.5 Å². The Morgan fingerprint density at radius 1 is 1.00 bits per heavy atom. The van der Waals surface area contributed by atoms with E-state index in [0.717, 1.165) is 22.8 Å². The van der Waals surface area contributed by atoms with Crippen molar-refractivity contribution in [1.82, 2.24) is 0 Å². The summed E-state index contributed by atoms with van der Waals surface area (Å²) in [5, 5.41) is 3.01. The molecule has 0 saturated carbocycles. The average Bonchev–Trinajstić information content (AvgIpc) is 2.78. The predicted octanol–water partition coefficient (Wildman–Crippen LogP) is 6.09. The highest BCUT2D eigenvalue weighted by Crippen LogP contribution is 2.25. The van der Waals surface area contributed by atoms with Crippen LogP contribution in [0.1, 0.15) is 24.5 Å². The number of carbonyl (C=O) groups is 1. The van der Waals surface area contributed by atoms with Crippen LogP contribution in [0.5, 0.6) is 11.5 Å². The van der Waals surface area contributed by atoms with Crippen molar-refractivity contribution >= 4 is 23.4 Å². The summed E-state index contributed by atoms with van der Waals surface area (Å²) in [7, 11) is 1.62. The number of rotatable bonds is 9. The van der Waals surface area contributed by atoms with Gasteiger partial charge in [0, 0.05) is 16.3 Å². The Morgan fingerprint density at radius 3 is 2.33 bits per heavy atom. The van der Waals surface area contributed by atoms with Crippen molar-refractivity contribution in [3.05, 3.63) is 83.9 Å². The van der Waals surface area contributed by atoms with Crippen LogP contribution in [0.4, 0.5) is 5.69 Å². The summed E-state index contributed by atoms with van der Waals surface area (Å²) in [6.07, 6.45) is 0.00834. The summed E-state index contributed by atoms with van der Waals surface area (Å²) in [6.45, 7) is 3.95. The molecule has 3 rings (SSSR count). The molecule has 3 aromatic carbocycles. The number of nitrogens with one attached hydrogen (secondary N) is 1. The first-order valence-electron chi connectivity index (χ1n) is 9.98. The fourth-order valence-electron chi connectivity index (χ4n) is 2.99. The van der Waals surface area contributed by atoms with Crippen LogP contribution in [0, 0.1) is 6.92 Å². The van der Waals surface area contributed by atoms with Crippen LogP contribution in [-0.4, -0.2) is 19.1 Å². The summed E-state index contributed by atoms with van der Waals surface area (Å²) in [5.74, 6) is 2.13. The molecule has 3 aromatic rings. The number of benzene rings is 3. The zero-order valence-electron chi connectivity index (χ0n) is 17.6. The van der Waals surface area contributed by atoms with Gasteiger partial charge in [0.25, 0.3) is 5.91 Å². The smallest absolute Gasteiger partial charge is 0.265 e. The van der Waals surface area contributed by atoms with Gasteiger partial charge in [0.1, 0.15) is 11.5 Å². The summed E-state index contributed by atoms with van der Waals surface area (Å²) in [4.78, 5) is 14.0. The van der Waals surface area contributed by atoms with E-state index in [0.29, 0.717) is 12.2 Å². The molecule has 0 saturated heterocycles. The molecule has 1 atom stereocenters. The first-order valence-corrected chi connectivity index (χ1v) is 11.0. The van der Waals surface area contributed by atoms with E-state index in [9.17, 15) is 4.79 Å². The van der Waals surface area contributed by atoms with E-state index in [4.69, 9.17) is 9.47 Å². The van der Waals surface area contributed by atoms with Gasteiger partial charge in [-0.2, -0.15) is 0 Å². The maximum atomic E-state index is 12.8. The van der Waals surface area contributed by atoms with Gasteiger partial charge in [-0.25, -0.2) is 0 Å². The van der Waals surface area contributed by atoms with E-state index in [1.54, 1.807) is 31.0 Å². The molecule has 1 N–H and O–H groups in total. The Morgan fingerprint density at radius 2 is 1.70 bits per heavy atom. The maximum Gasteiger partial charge on any atom is 0.265 e. The molecule has 0 bridgehead atoms. The normalized spacial score (nSPS) is 11.6. The Labute approximate surface area is 182 Å². The van der Waals surface area contributed by atoms with Gasteiger partial charge in [-0.3, -0.25) is 4.79 Å². The molecule has 1 amide bonds. The van der Waals surface area contributed by atoms with Crippen LogP contribution < -0.4 is 14.8 Å². The molecule has 1 unspecified atom stereocenters. The molecule has 4 nitrogen and oxygen atoms in total. The largest absolute Gasteiger partial charge is 0.497 e. The number of hydrogen-bond acceptors (Lipinski definition) is 4. The number of amides is 1. The second kappa shape index (κ2) is 10.7. The monoisotopic (exact) mass is 421 g/mol. The van der Waals surface area contributed by atoms with Gasteiger partial charge in [0.15, 0.2) is 6.10 Å². The number of aryl methyl sites for hydroxylation is 1. The van der Waals surface area contributed by atoms with Crippen molar-refractivity contribution in [3.8, 4) is 11.5 Å². The van der Waals surface area contributed by atoms with E-state index >= 15 is 0 Å². The molecule has 0 spiro atoms. The third-order valence-corrected chi connectivity index (χ3v) is 5.78. The molecule has 0 fully saturated rings. The third kappa shape index (κ3) is 6.04. The summed E-state index contributed by atoms with van der Waals surface area (Å²) < 4.78 is 11.0. The fraction of sp³-hybridized carbons (Fsp3) is 0.240. The standard InChI is InChI=1S/C25H27NO3S/c1-4-24(29-21-13-11-20(28-3)12-14-21)25(27)26-23-15-10-19(16-18(23)2)17-30-22-8-6-5-7-9-22/h5-16,24H,4,17H2,1-3H3,(H,26,27). The highest BCUT2D eigenvalue weighted by molar-refractivity contribution is 7.98. The molecular formula is C25H27NO3S. The number of anilines is 1. The summed E-state index contributed by atoms with van der Waals surface area (Å²) in [5.41, 5.74) is 3.07. The van der Waals surface area contributed by atoms with E-state index in [1.807, 2.05) is 50.2 Å². The summed E-state index contributed by atoms with van der Waals surface area (Å²) in [6, 6.07) is 23.7. The number of methoxy groups -OCH3 is 1. The van der Waals surface area contributed by atoms with Crippen molar-refractivity contribution < 1.29 is 14.3 Å². The predicted molar refractivity (Wildman–Crippen MR) is 124 cm³/mol. The van der Waals surface area contributed by atoms with Crippen LogP contribution in [0.15, 0.2) is 77.7 Å². The molecule has 5 heteroatoms. The Kier molecular flexibility index (Phi) is 7.80. The van der Waals surface area contributed by atoms with Gasteiger partial charge in [0.2, 0.25) is 0 Å². The van der Waals surface area contributed by atoms with Gasteiger partial charge < -0.3 is 14.8 Å². The van der Waals surface area contributed by atoms with Gasteiger partial charge in [0.05, 0.1) is 7.11 Å². The molecule has 0 aliphatic heterocycles. The van der Waals surface area contributed by atoms with E-state index in [-0.39, 0.29) is 5.91 Å². The summed E-state index contributed by atoms with van der Waals surface area (Å²) >= 11 is 1.80. The topological polar surface area (TPSA) is 47.6 Å². The SMILES string of the molecule is CCC(Oc1ccc(OC)cc1)C(=O)Nc1ccc(CSc2ccccc2)cc1C. The molecule has 30 heavy (non-hydrogen) atoms. The lowest BCUT2D eigenvalue weighted by atomic mass is 10.1. The van der Waals surface area contributed by atoms with Gasteiger partial charge in [-0.1, -0.05) is 37.3 Å². The van der Waals surface area contributed by atoms with Gasteiger partial charge >= 0.3 is 0 Å². The van der Waals surface area contributed by atoms with Crippen LogP contribution in [0.25, 0.3) is 0 Å². The van der Waals surface area contributed by atoms with Crippen LogP contribution >= 0.6 is 11.8 Å². The highest BCUT2D eigenvalue weighted by atomic mass is 32.2. The minimum absolute atomic E-state index is 0.150. The van der Waals surface area contributed by atoms with Crippen molar-refractivity contribution in [1.29, 1.82) is 0 Å². The second-order valence-corrected chi connectivity index (χ2v) is 7.98. The third-order valence-electron chi connectivity index (χ3n) is 4.70. The molecule has 156 valence electrons. The molecule has 0 aliphatic carbocycles. The van der Waals surface area contributed by atoms with E-state index in [2.05, 4.69) is 29.6 Å². The number of hydrogen-bond donors (Lipinski definition) is 1. The number of carbonyl (C=O) groups excluding carboxylic acids is 1. The highest BCUT2D eigenvalue weighted by Gasteiger charge is 2.19. The zero-order chi connectivity index (χ0) is 21.3. The van der Waals surface area contributed by atoms with Crippen LogP contribution in [0.2, 0.25) is 0 Å². The number of thioether (sulfide) groups is 1. The zero-order valence-corrected chi connectivity index (χ0v) is 18.4. The average molecular weight is 422 g/mol. The molecule has 0 radical (unpaired) electrons. The number of ether oxygens (including phenoxy) is 2. The second-order valence-electron chi connectivity index (χ2n) is 6.93. The lowest BCUT2D eigenvalue weighted by Crippen LogP contribution is -2.32. The lowest BCUT2D eigenvalue weighted by Gasteiger charge is -2.18. The van der Waals surface area contributed by atoms with Gasteiger partial charge in [-0.15, -0.1) is 11.8 Å². The van der Waals surface area contributed by atoms with Crippen molar-refractivity contribution in [2.45, 2.75) is 37.0 Å². The van der Waals surface area contributed by atoms with Crippen molar-refractivity contribution in [2.24, 2.45) is 0 Å². The van der Waals surface area contributed by atoms with Crippen molar-refractivity contribution in [3.63, 3.8) is 0 Å².